The normalized spacial score (nSPS) is 20.8. The minimum Gasteiger partial charge on any atom is -0.480 e. The zero-order chi connectivity index (χ0) is 8.27. The van der Waals surface area contributed by atoms with E-state index in [1.54, 1.807) is 0 Å². The summed E-state index contributed by atoms with van der Waals surface area (Å²) in [5.41, 5.74) is 5.34. The van der Waals surface area contributed by atoms with E-state index in [0.29, 0.717) is 6.42 Å². The van der Waals surface area contributed by atoms with E-state index in [-0.39, 0.29) is 0 Å². The summed E-state index contributed by atoms with van der Waals surface area (Å²) in [4.78, 5) is 10.3. The van der Waals surface area contributed by atoms with E-state index >= 15 is 0 Å². The maximum absolute atomic E-state index is 10.3. The van der Waals surface area contributed by atoms with E-state index in [1.165, 1.54) is 19.3 Å². The van der Waals surface area contributed by atoms with E-state index in [9.17, 15) is 4.79 Å². The van der Waals surface area contributed by atoms with Gasteiger partial charge in [0.2, 0.25) is 0 Å². The summed E-state index contributed by atoms with van der Waals surface area (Å²) in [6.45, 7) is 0. The Hall–Kier alpha value is -0.570. The number of aliphatic carboxylic acids is 1. The lowest BCUT2D eigenvalue weighted by Gasteiger charge is -2.25. The van der Waals surface area contributed by atoms with Crippen LogP contribution in [0.4, 0.5) is 0 Å². The van der Waals surface area contributed by atoms with Crippen molar-refractivity contribution in [3.63, 3.8) is 0 Å². The Kier molecular flexibility index (Phi) is 2.88. The van der Waals surface area contributed by atoms with Gasteiger partial charge in [0.25, 0.3) is 0 Å². The minimum atomic E-state index is -0.871. The SMILES string of the molecule is NC(CCC1CCC1)C(=O)O. The molecule has 0 aromatic carbocycles. The molecule has 1 atom stereocenters. The second-order valence-electron chi connectivity index (χ2n) is 3.32. The fraction of sp³-hybridized carbons (Fsp3) is 0.875. The van der Waals surface area contributed by atoms with Crippen molar-refractivity contribution in [2.45, 2.75) is 38.1 Å². The van der Waals surface area contributed by atoms with Crippen molar-refractivity contribution in [3.05, 3.63) is 0 Å². The van der Waals surface area contributed by atoms with Gasteiger partial charge in [-0.15, -0.1) is 0 Å². The summed E-state index contributed by atoms with van der Waals surface area (Å²) in [7, 11) is 0. The fourth-order valence-corrected chi connectivity index (χ4v) is 1.32. The average molecular weight is 157 g/mol. The third-order valence-corrected chi connectivity index (χ3v) is 2.43. The Morgan fingerprint density at radius 1 is 1.64 bits per heavy atom. The summed E-state index contributed by atoms with van der Waals surface area (Å²) in [5.74, 6) is -0.107. The van der Waals surface area contributed by atoms with Crippen molar-refractivity contribution in [3.8, 4) is 0 Å². The molecule has 1 aliphatic carbocycles. The first-order chi connectivity index (χ1) is 5.20. The maximum atomic E-state index is 10.3. The second-order valence-corrected chi connectivity index (χ2v) is 3.32. The predicted octanol–water partition coefficient (Wildman–Crippen LogP) is 0.979. The van der Waals surface area contributed by atoms with Crippen molar-refractivity contribution >= 4 is 5.97 Å². The van der Waals surface area contributed by atoms with E-state index in [1.807, 2.05) is 0 Å². The van der Waals surface area contributed by atoms with E-state index < -0.39 is 12.0 Å². The van der Waals surface area contributed by atoms with Crippen molar-refractivity contribution in [1.29, 1.82) is 0 Å². The van der Waals surface area contributed by atoms with Gasteiger partial charge in [-0.2, -0.15) is 0 Å². The number of nitrogens with two attached hydrogens (primary N) is 1. The van der Waals surface area contributed by atoms with Gasteiger partial charge in [0.05, 0.1) is 0 Å². The summed E-state index contributed by atoms with van der Waals surface area (Å²) in [6, 6.07) is -0.643. The van der Waals surface area contributed by atoms with Crippen molar-refractivity contribution in [1.82, 2.24) is 0 Å². The molecule has 3 N–H and O–H groups in total. The molecule has 1 unspecified atom stereocenters. The standard InChI is InChI=1S/C8H15NO2/c9-7(8(10)11)5-4-6-2-1-3-6/h6-7H,1-5,9H2,(H,10,11). The van der Waals surface area contributed by atoms with Gasteiger partial charge in [-0.1, -0.05) is 19.3 Å². The number of carboxylic acid groups (broad SMARTS) is 1. The average Bonchev–Trinajstić information content (AvgIpc) is 1.83. The molecular formula is C8H15NO2. The number of hydrogen-bond acceptors (Lipinski definition) is 2. The molecule has 0 heterocycles. The molecule has 0 bridgehead atoms. The lowest BCUT2D eigenvalue weighted by Crippen LogP contribution is -2.31. The zero-order valence-corrected chi connectivity index (χ0v) is 6.62. The van der Waals surface area contributed by atoms with Crippen molar-refractivity contribution < 1.29 is 9.90 Å². The molecule has 0 aromatic rings. The molecule has 64 valence electrons. The lowest BCUT2D eigenvalue weighted by molar-refractivity contribution is -0.138. The molecule has 1 aliphatic rings. The number of carbonyl (C=O) groups is 1. The van der Waals surface area contributed by atoms with E-state index in [2.05, 4.69) is 0 Å². The Labute approximate surface area is 66.6 Å². The van der Waals surface area contributed by atoms with Crippen molar-refractivity contribution in [2.24, 2.45) is 11.7 Å². The molecule has 0 aromatic heterocycles. The van der Waals surface area contributed by atoms with Crippen LogP contribution in [0.15, 0.2) is 0 Å². The zero-order valence-electron chi connectivity index (χ0n) is 6.62. The summed E-state index contributed by atoms with van der Waals surface area (Å²) in [5, 5.41) is 8.46. The molecule has 0 aliphatic heterocycles. The number of carboxylic acids is 1. The highest BCUT2D eigenvalue weighted by molar-refractivity contribution is 5.72. The van der Waals surface area contributed by atoms with Gasteiger partial charge in [0, 0.05) is 0 Å². The topological polar surface area (TPSA) is 63.3 Å². The van der Waals surface area contributed by atoms with Gasteiger partial charge < -0.3 is 10.8 Å². The highest BCUT2D eigenvalue weighted by Crippen LogP contribution is 2.30. The first-order valence-corrected chi connectivity index (χ1v) is 4.18. The van der Waals surface area contributed by atoms with Crippen LogP contribution in [-0.4, -0.2) is 17.1 Å². The lowest BCUT2D eigenvalue weighted by atomic mass is 9.81. The van der Waals surface area contributed by atoms with Crippen LogP contribution >= 0.6 is 0 Å². The predicted molar refractivity (Wildman–Crippen MR) is 42.2 cm³/mol. The molecule has 0 saturated heterocycles. The van der Waals surface area contributed by atoms with E-state index in [0.717, 1.165) is 12.3 Å². The van der Waals surface area contributed by atoms with Crippen LogP contribution in [0, 0.1) is 5.92 Å². The maximum Gasteiger partial charge on any atom is 0.320 e. The molecule has 0 spiro atoms. The Bertz CT molecular complexity index is 143. The van der Waals surface area contributed by atoms with Gasteiger partial charge in [-0.25, -0.2) is 0 Å². The molecule has 0 amide bonds. The van der Waals surface area contributed by atoms with Crippen molar-refractivity contribution in [2.75, 3.05) is 0 Å². The number of hydrogen-bond donors (Lipinski definition) is 2. The molecule has 1 saturated carbocycles. The summed E-state index contributed by atoms with van der Waals surface area (Å²) >= 11 is 0. The Balaban J connectivity index is 2.05. The fourth-order valence-electron chi connectivity index (χ4n) is 1.32. The highest BCUT2D eigenvalue weighted by Gasteiger charge is 2.19. The van der Waals surface area contributed by atoms with Gasteiger partial charge in [0.15, 0.2) is 0 Å². The van der Waals surface area contributed by atoms with Crippen LogP contribution < -0.4 is 5.73 Å². The molecule has 0 radical (unpaired) electrons. The highest BCUT2D eigenvalue weighted by atomic mass is 16.4. The molecular weight excluding hydrogens is 142 g/mol. The number of rotatable bonds is 4. The van der Waals surface area contributed by atoms with Crippen LogP contribution in [0.25, 0.3) is 0 Å². The molecule has 1 fully saturated rings. The monoisotopic (exact) mass is 157 g/mol. The van der Waals surface area contributed by atoms with Crippen LogP contribution in [0.3, 0.4) is 0 Å². The molecule has 1 rings (SSSR count). The minimum absolute atomic E-state index is 0.639. The van der Waals surface area contributed by atoms with Gasteiger partial charge in [-0.3, -0.25) is 4.79 Å². The van der Waals surface area contributed by atoms with Gasteiger partial charge >= 0.3 is 5.97 Å². The van der Waals surface area contributed by atoms with Crippen LogP contribution in [0.2, 0.25) is 0 Å². The molecule has 3 nitrogen and oxygen atoms in total. The second kappa shape index (κ2) is 3.72. The third-order valence-electron chi connectivity index (χ3n) is 2.43. The Morgan fingerprint density at radius 3 is 2.64 bits per heavy atom. The Morgan fingerprint density at radius 2 is 2.27 bits per heavy atom. The third kappa shape index (κ3) is 2.50. The summed E-state index contributed by atoms with van der Waals surface area (Å²) in [6.07, 6.45) is 5.49. The first kappa shape index (κ1) is 8.53. The quantitative estimate of drug-likeness (QED) is 0.639. The van der Waals surface area contributed by atoms with E-state index in [4.69, 9.17) is 10.8 Å². The smallest absolute Gasteiger partial charge is 0.320 e. The van der Waals surface area contributed by atoms with Crippen LogP contribution in [-0.2, 0) is 4.79 Å². The van der Waals surface area contributed by atoms with Crippen LogP contribution in [0.5, 0.6) is 0 Å². The first-order valence-electron chi connectivity index (χ1n) is 4.18. The largest absolute Gasteiger partial charge is 0.480 e. The summed E-state index contributed by atoms with van der Waals surface area (Å²) < 4.78 is 0. The molecule has 3 heteroatoms. The van der Waals surface area contributed by atoms with Crippen LogP contribution in [0.1, 0.15) is 32.1 Å². The van der Waals surface area contributed by atoms with Gasteiger partial charge in [0.1, 0.15) is 6.04 Å². The molecule has 11 heavy (non-hydrogen) atoms. The van der Waals surface area contributed by atoms with Gasteiger partial charge in [-0.05, 0) is 18.8 Å².